The Labute approximate surface area is 213 Å². The molecule has 3 rings (SSSR count). The van der Waals surface area contributed by atoms with Crippen LogP contribution in [0.15, 0.2) is 47.6 Å². The van der Waals surface area contributed by atoms with Crippen molar-refractivity contribution < 1.29 is 9.53 Å². The Hall–Kier alpha value is -2.56. The summed E-state index contributed by atoms with van der Waals surface area (Å²) >= 11 is 0. The summed E-state index contributed by atoms with van der Waals surface area (Å²) in [5.41, 5.74) is 7.78. The predicted octanol–water partition coefficient (Wildman–Crippen LogP) is 2.71. The molecule has 1 aliphatic rings. The fourth-order valence-corrected chi connectivity index (χ4v) is 3.84. The number of carbonyl (C=O) groups is 1. The highest BCUT2D eigenvalue weighted by molar-refractivity contribution is 14.0. The summed E-state index contributed by atoms with van der Waals surface area (Å²) in [5, 5.41) is 6.72. The van der Waals surface area contributed by atoms with E-state index in [1.807, 2.05) is 18.2 Å². The number of nitrogens with one attached hydrogen (secondary N) is 2. The van der Waals surface area contributed by atoms with E-state index in [9.17, 15) is 4.79 Å². The Kier molecular flexibility index (Phi) is 11.2. The normalized spacial score (nSPS) is 14.4. The van der Waals surface area contributed by atoms with Gasteiger partial charge in [0.2, 0.25) is 5.91 Å². The van der Waals surface area contributed by atoms with Crippen LogP contribution in [0.1, 0.15) is 30.9 Å². The number of halogens is 1. The number of aromatic nitrogens is 1. The number of amides is 1. The van der Waals surface area contributed by atoms with Crippen molar-refractivity contribution >= 4 is 41.7 Å². The fraction of sp³-hybridized carbons (Fsp3) is 0.458. The zero-order valence-corrected chi connectivity index (χ0v) is 21.7. The lowest BCUT2D eigenvalue weighted by Crippen LogP contribution is -2.39. The van der Waals surface area contributed by atoms with E-state index in [-0.39, 0.29) is 35.8 Å². The lowest BCUT2D eigenvalue weighted by atomic mass is 9.96. The number of primary amides is 1. The van der Waals surface area contributed by atoms with Gasteiger partial charge in [0.25, 0.3) is 0 Å². The van der Waals surface area contributed by atoms with Gasteiger partial charge in [0.15, 0.2) is 5.96 Å². The summed E-state index contributed by atoms with van der Waals surface area (Å²) < 4.78 is 5.21. The van der Waals surface area contributed by atoms with Gasteiger partial charge in [-0.25, -0.2) is 9.98 Å². The van der Waals surface area contributed by atoms with Crippen LogP contribution in [-0.2, 0) is 17.8 Å². The number of anilines is 1. The van der Waals surface area contributed by atoms with Crippen molar-refractivity contribution in [1.29, 1.82) is 0 Å². The fourth-order valence-electron chi connectivity index (χ4n) is 3.84. The van der Waals surface area contributed by atoms with E-state index >= 15 is 0 Å². The Morgan fingerprint density at radius 3 is 2.58 bits per heavy atom. The third kappa shape index (κ3) is 8.06. The van der Waals surface area contributed by atoms with Crippen molar-refractivity contribution in [3.05, 3.63) is 53.7 Å². The van der Waals surface area contributed by atoms with Gasteiger partial charge in [-0.3, -0.25) is 4.79 Å². The first kappa shape index (κ1) is 26.7. The molecule has 9 heteroatoms. The van der Waals surface area contributed by atoms with Crippen molar-refractivity contribution in [2.75, 3.05) is 38.2 Å². The molecule has 1 fully saturated rings. The van der Waals surface area contributed by atoms with Crippen molar-refractivity contribution in [2.24, 2.45) is 16.6 Å². The Balaban J connectivity index is 0.00000385. The number of hydrogen-bond donors (Lipinski definition) is 3. The molecule has 0 bridgehead atoms. The second kappa shape index (κ2) is 13.9. The third-order valence-electron chi connectivity index (χ3n) is 5.68. The van der Waals surface area contributed by atoms with E-state index in [0.29, 0.717) is 6.54 Å². The molecular formula is C24H35IN6O2. The van der Waals surface area contributed by atoms with Crippen LogP contribution in [0.3, 0.4) is 0 Å². The number of nitrogens with two attached hydrogens (primary N) is 1. The Morgan fingerprint density at radius 2 is 1.94 bits per heavy atom. The zero-order valence-electron chi connectivity index (χ0n) is 19.4. The average Bonchev–Trinajstić information content (AvgIpc) is 2.83. The second-order valence-electron chi connectivity index (χ2n) is 7.87. The van der Waals surface area contributed by atoms with E-state index in [1.165, 1.54) is 5.56 Å². The van der Waals surface area contributed by atoms with Gasteiger partial charge in [0.1, 0.15) is 11.6 Å². The van der Waals surface area contributed by atoms with E-state index in [1.54, 1.807) is 13.3 Å². The van der Waals surface area contributed by atoms with Crippen molar-refractivity contribution in [3.63, 3.8) is 0 Å². The molecule has 2 heterocycles. The molecule has 2 aromatic rings. The minimum Gasteiger partial charge on any atom is -0.497 e. The number of guanidine groups is 1. The lowest BCUT2D eigenvalue weighted by molar-refractivity contribution is -0.122. The first-order valence-electron chi connectivity index (χ1n) is 11.2. The van der Waals surface area contributed by atoms with Gasteiger partial charge in [-0.15, -0.1) is 24.0 Å². The molecule has 0 radical (unpaired) electrons. The Bertz CT molecular complexity index is 898. The molecule has 1 aromatic carbocycles. The number of rotatable bonds is 9. The summed E-state index contributed by atoms with van der Waals surface area (Å²) in [5.74, 6) is 2.34. The van der Waals surface area contributed by atoms with Crippen molar-refractivity contribution in [3.8, 4) is 5.75 Å². The van der Waals surface area contributed by atoms with Gasteiger partial charge >= 0.3 is 0 Å². The molecule has 33 heavy (non-hydrogen) atoms. The molecule has 1 amide bonds. The summed E-state index contributed by atoms with van der Waals surface area (Å²) in [6.07, 6.45) is 4.23. The highest BCUT2D eigenvalue weighted by Gasteiger charge is 2.24. The average molecular weight is 566 g/mol. The molecule has 8 nitrogen and oxygen atoms in total. The quantitative estimate of drug-likeness (QED) is 0.245. The summed E-state index contributed by atoms with van der Waals surface area (Å²) in [7, 11) is 1.67. The molecule has 0 saturated carbocycles. The maximum atomic E-state index is 11.5. The number of nitrogens with zero attached hydrogens (tertiary/aromatic N) is 3. The molecule has 4 N–H and O–H groups in total. The van der Waals surface area contributed by atoms with Crippen LogP contribution in [0.4, 0.5) is 5.82 Å². The minimum absolute atomic E-state index is 0. The molecule has 0 aliphatic carbocycles. The van der Waals surface area contributed by atoms with Gasteiger partial charge in [0, 0.05) is 43.9 Å². The molecule has 1 aromatic heterocycles. The van der Waals surface area contributed by atoms with Crippen LogP contribution >= 0.6 is 24.0 Å². The highest BCUT2D eigenvalue weighted by atomic mass is 127. The number of benzene rings is 1. The maximum absolute atomic E-state index is 11.5. The van der Waals surface area contributed by atoms with Crippen LogP contribution in [0.25, 0.3) is 0 Å². The summed E-state index contributed by atoms with van der Waals surface area (Å²) in [6, 6.07) is 12.1. The van der Waals surface area contributed by atoms with Gasteiger partial charge in [0.05, 0.1) is 13.7 Å². The highest BCUT2D eigenvalue weighted by Crippen LogP contribution is 2.24. The van der Waals surface area contributed by atoms with Gasteiger partial charge in [-0.05, 0) is 49.9 Å². The molecule has 1 saturated heterocycles. The van der Waals surface area contributed by atoms with Crippen LogP contribution in [0.5, 0.6) is 5.75 Å². The number of ether oxygens (including phenoxy) is 1. The summed E-state index contributed by atoms with van der Waals surface area (Å²) in [6.45, 7) is 5.70. The number of methoxy groups -OCH3 is 1. The van der Waals surface area contributed by atoms with Crippen LogP contribution in [0, 0.1) is 5.92 Å². The number of pyridine rings is 1. The van der Waals surface area contributed by atoms with Crippen LogP contribution < -0.4 is 26.0 Å². The molecule has 0 unspecified atom stereocenters. The molecule has 0 atom stereocenters. The number of aliphatic imine (C=N–C) groups is 1. The van der Waals surface area contributed by atoms with E-state index in [4.69, 9.17) is 15.5 Å². The van der Waals surface area contributed by atoms with E-state index < -0.39 is 0 Å². The lowest BCUT2D eigenvalue weighted by Gasteiger charge is -2.32. The van der Waals surface area contributed by atoms with E-state index in [2.05, 4.69) is 45.6 Å². The predicted molar refractivity (Wildman–Crippen MR) is 143 cm³/mol. The zero-order chi connectivity index (χ0) is 22.8. The van der Waals surface area contributed by atoms with Gasteiger partial charge in [-0.1, -0.05) is 18.2 Å². The number of hydrogen-bond acceptors (Lipinski definition) is 5. The monoisotopic (exact) mass is 566 g/mol. The van der Waals surface area contributed by atoms with Crippen LogP contribution in [0.2, 0.25) is 0 Å². The number of piperidine rings is 1. The first-order chi connectivity index (χ1) is 15.6. The maximum Gasteiger partial charge on any atom is 0.220 e. The largest absolute Gasteiger partial charge is 0.497 e. The Morgan fingerprint density at radius 1 is 1.21 bits per heavy atom. The molecule has 1 aliphatic heterocycles. The van der Waals surface area contributed by atoms with Crippen LogP contribution in [-0.4, -0.2) is 50.1 Å². The van der Waals surface area contributed by atoms with Crippen molar-refractivity contribution in [2.45, 2.75) is 32.7 Å². The first-order valence-corrected chi connectivity index (χ1v) is 11.2. The van der Waals surface area contributed by atoms with E-state index in [0.717, 1.165) is 68.5 Å². The molecular weight excluding hydrogens is 531 g/mol. The van der Waals surface area contributed by atoms with Gasteiger partial charge < -0.3 is 26.0 Å². The second-order valence-corrected chi connectivity index (χ2v) is 7.87. The van der Waals surface area contributed by atoms with Gasteiger partial charge in [-0.2, -0.15) is 0 Å². The standard InChI is InChI=1S/C24H34N6O2.HI/c1-3-26-24(28-14-10-18-6-8-21(32-2)9-7-18)29-17-20-5-4-13-27-23(20)30-15-11-19(12-16-30)22(25)31;/h4-9,13,19H,3,10-12,14-17H2,1-2H3,(H2,25,31)(H2,26,28,29);1H. The SMILES string of the molecule is CCNC(=NCc1cccnc1N1CCC(C(N)=O)CC1)NCCc1ccc(OC)cc1.I. The topological polar surface area (TPSA) is 105 Å². The molecule has 0 spiro atoms. The molecule has 180 valence electrons. The third-order valence-corrected chi connectivity index (χ3v) is 5.68. The van der Waals surface area contributed by atoms with Crippen molar-refractivity contribution in [1.82, 2.24) is 15.6 Å². The number of carbonyl (C=O) groups excluding carboxylic acids is 1. The summed E-state index contributed by atoms with van der Waals surface area (Å²) in [4.78, 5) is 23.1. The smallest absolute Gasteiger partial charge is 0.220 e. The minimum atomic E-state index is -0.202.